The summed E-state index contributed by atoms with van der Waals surface area (Å²) in [5, 5.41) is 102. The SMILES string of the molecule is CCCCCC/C=C\CCCCCCCCCC(=O)OCC(COP(=O)(O)OC1C(OC2OC(CO)C(O)C(O)C2O)C(O)C(O)C(OC(=O)CCCCC/C=C\CCCCCCCC)C1OC1OC(COC(=O)CCCCCCCCCCCCCCCCCC)C(O)C(O)C1O)OC(=O)CCCCCCCCCCCCCCCCC. The van der Waals surface area contributed by atoms with Crippen LogP contribution in [0.25, 0.3) is 0 Å². The molecule has 10 N–H and O–H groups in total. The van der Waals surface area contributed by atoms with Gasteiger partial charge in [0.15, 0.2) is 24.8 Å². The summed E-state index contributed by atoms with van der Waals surface area (Å²) in [7, 11) is -5.81. The first-order valence-corrected chi connectivity index (χ1v) is 49.1. The Balaban J connectivity index is 1.91. The average Bonchev–Trinajstić information content (AvgIpc) is 0.754. The van der Waals surface area contributed by atoms with E-state index in [0.717, 1.165) is 141 Å². The number of carbonyl (C=O) groups excluding carboxylic acids is 4. The molecule has 18 unspecified atom stereocenters. The number of carbonyl (C=O) groups is 4. The average molecular weight is 1710 g/mol. The van der Waals surface area contributed by atoms with Gasteiger partial charge in [0.2, 0.25) is 0 Å². The van der Waals surface area contributed by atoms with Crippen LogP contribution in [-0.4, -0.2) is 205 Å². The van der Waals surface area contributed by atoms with Gasteiger partial charge in [-0.3, -0.25) is 28.2 Å². The van der Waals surface area contributed by atoms with Crippen LogP contribution in [0.15, 0.2) is 24.3 Å². The van der Waals surface area contributed by atoms with Gasteiger partial charge >= 0.3 is 31.7 Å². The number of ether oxygens (including phenoxy) is 8. The number of esters is 4. The molecule has 1 saturated carbocycles. The molecule has 2 heterocycles. The van der Waals surface area contributed by atoms with Crippen molar-refractivity contribution in [2.45, 2.75) is 511 Å². The van der Waals surface area contributed by atoms with E-state index in [-0.39, 0.29) is 32.1 Å². The predicted octanol–water partition coefficient (Wildman–Crippen LogP) is 17.7. The molecule has 2 aliphatic heterocycles. The Morgan fingerprint density at radius 1 is 0.331 bits per heavy atom. The minimum absolute atomic E-state index is 0.0163. The van der Waals surface area contributed by atoms with Crippen molar-refractivity contribution in [3.8, 4) is 0 Å². The third kappa shape index (κ3) is 50.8. The van der Waals surface area contributed by atoms with E-state index < -0.39 is 162 Å². The fourth-order valence-electron chi connectivity index (χ4n) is 15.6. The van der Waals surface area contributed by atoms with Gasteiger partial charge in [-0.25, -0.2) is 4.57 Å². The van der Waals surface area contributed by atoms with E-state index in [1.807, 2.05) is 0 Å². The molecule has 0 spiro atoms. The van der Waals surface area contributed by atoms with Gasteiger partial charge in [-0.15, -0.1) is 0 Å². The summed E-state index contributed by atoms with van der Waals surface area (Å²) in [6, 6.07) is 0. The Bertz CT molecular complexity index is 2550. The molecule has 3 rings (SSSR count). The molecule has 0 aromatic heterocycles. The van der Waals surface area contributed by atoms with E-state index in [2.05, 4.69) is 52.0 Å². The largest absolute Gasteiger partial charge is 0.472 e. The minimum Gasteiger partial charge on any atom is -0.463 e. The molecule has 692 valence electrons. The van der Waals surface area contributed by atoms with Crippen molar-refractivity contribution in [1.82, 2.24) is 0 Å². The summed E-state index contributed by atoms with van der Waals surface area (Å²) in [6.07, 6.45) is 31.7. The van der Waals surface area contributed by atoms with Gasteiger partial charge in [-0.1, -0.05) is 328 Å². The van der Waals surface area contributed by atoms with Crippen LogP contribution in [0, 0.1) is 0 Å². The smallest absolute Gasteiger partial charge is 0.463 e. The Morgan fingerprint density at radius 2 is 0.636 bits per heavy atom. The maximum atomic E-state index is 14.9. The number of allylic oxidation sites excluding steroid dienone is 4. The number of phosphoric ester groups is 1. The van der Waals surface area contributed by atoms with Crippen LogP contribution in [-0.2, 0) is 70.7 Å². The Morgan fingerprint density at radius 3 is 1.03 bits per heavy atom. The van der Waals surface area contributed by atoms with Crippen molar-refractivity contribution >= 4 is 31.7 Å². The molecule has 2 saturated heterocycles. The van der Waals surface area contributed by atoms with E-state index in [4.69, 9.17) is 46.9 Å². The second-order valence-corrected chi connectivity index (χ2v) is 35.3. The summed E-state index contributed by atoms with van der Waals surface area (Å²) in [5.74, 6) is -2.98. The van der Waals surface area contributed by atoms with Gasteiger partial charge in [0.1, 0.15) is 92.6 Å². The summed E-state index contributed by atoms with van der Waals surface area (Å²) in [4.78, 5) is 66.5. The first kappa shape index (κ1) is 109. The maximum Gasteiger partial charge on any atom is 0.472 e. The highest BCUT2D eigenvalue weighted by Crippen LogP contribution is 2.49. The standard InChI is InChI=1S/C92H169O25P/c1-5-9-13-17-21-25-29-33-36-39-42-45-49-53-57-61-65-76(95)109-71-74-80(99)82(101)86(105)92(113-74)116-89-87(114-78(97)67-63-59-55-51-46-40-32-28-24-20-16-12-8-4)83(102)84(103)88(115-91-85(104)81(100)79(98)73(68-93)112-91)90(89)117-118(106,107)110-70-72(111-77(96)66-62-58-54-50-47-43-38-35-31-27-23-19-15-11-7-3)69-108-75(94)64-60-56-52-48-44-41-37-34-30-26-22-18-14-10-6-2/h26,30,40,46,72-74,79-93,98-105H,5-25,27-29,31-39,41-45,47-71H2,1-4H3,(H,106,107)/b30-26-,46-40-. The second-order valence-electron chi connectivity index (χ2n) is 33.9. The molecule has 18 atom stereocenters. The Hall–Kier alpha value is -3.05. The van der Waals surface area contributed by atoms with Crippen molar-refractivity contribution in [3.05, 3.63) is 24.3 Å². The number of aliphatic hydroxyl groups excluding tert-OH is 9. The van der Waals surface area contributed by atoms with E-state index in [9.17, 15) is 74.6 Å². The van der Waals surface area contributed by atoms with Gasteiger partial charge in [-0.05, 0) is 77.0 Å². The number of phosphoric acid groups is 1. The van der Waals surface area contributed by atoms with Crippen LogP contribution in [0.1, 0.15) is 407 Å². The molecule has 118 heavy (non-hydrogen) atoms. The lowest BCUT2D eigenvalue weighted by Gasteiger charge is -2.50. The number of aliphatic hydroxyl groups is 9. The second kappa shape index (κ2) is 71.1. The van der Waals surface area contributed by atoms with Crippen LogP contribution >= 0.6 is 7.82 Å². The third-order valence-electron chi connectivity index (χ3n) is 23.2. The molecule has 0 radical (unpaired) electrons. The molecule has 3 aliphatic rings. The van der Waals surface area contributed by atoms with E-state index in [1.54, 1.807) is 0 Å². The quantitative estimate of drug-likeness (QED) is 0.00889. The van der Waals surface area contributed by atoms with Crippen LogP contribution in [0.4, 0.5) is 0 Å². The number of rotatable bonds is 77. The third-order valence-corrected chi connectivity index (χ3v) is 24.2. The Kier molecular flexibility index (Phi) is 65.8. The normalized spacial score (nSPS) is 25.0. The molecule has 0 aromatic carbocycles. The van der Waals surface area contributed by atoms with Crippen molar-refractivity contribution < 1.29 is 122 Å². The van der Waals surface area contributed by atoms with Crippen LogP contribution < -0.4 is 0 Å². The first-order chi connectivity index (χ1) is 57.2. The maximum absolute atomic E-state index is 14.9. The van der Waals surface area contributed by atoms with Gasteiger partial charge in [-0.2, -0.15) is 0 Å². The zero-order valence-corrected chi connectivity index (χ0v) is 74.6. The van der Waals surface area contributed by atoms with Gasteiger partial charge in [0.05, 0.1) is 13.2 Å². The van der Waals surface area contributed by atoms with Crippen molar-refractivity contribution in [3.63, 3.8) is 0 Å². The highest BCUT2D eigenvalue weighted by Gasteiger charge is 2.60. The van der Waals surface area contributed by atoms with Gasteiger partial charge < -0.3 is 88.7 Å². The lowest BCUT2D eigenvalue weighted by atomic mass is 9.84. The lowest BCUT2D eigenvalue weighted by Crippen LogP contribution is -2.70. The zero-order chi connectivity index (χ0) is 86.1. The summed E-state index contributed by atoms with van der Waals surface area (Å²) in [5.41, 5.74) is 0. The summed E-state index contributed by atoms with van der Waals surface area (Å²) in [6.45, 7) is 5.58. The molecular formula is C92H169O25P. The first-order valence-electron chi connectivity index (χ1n) is 47.6. The minimum atomic E-state index is -5.81. The van der Waals surface area contributed by atoms with Gasteiger partial charge in [0.25, 0.3) is 0 Å². The zero-order valence-electron chi connectivity index (χ0n) is 73.7. The fourth-order valence-corrected chi connectivity index (χ4v) is 16.6. The molecule has 0 aromatic rings. The van der Waals surface area contributed by atoms with E-state index in [0.29, 0.717) is 32.1 Å². The van der Waals surface area contributed by atoms with Crippen molar-refractivity contribution in [2.24, 2.45) is 0 Å². The molecule has 0 bridgehead atoms. The summed E-state index contributed by atoms with van der Waals surface area (Å²) >= 11 is 0. The van der Waals surface area contributed by atoms with Crippen molar-refractivity contribution in [1.29, 1.82) is 0 Å². The topological polar surface area (TPSA) is 380 Å². The van der Waals surface area contributed by atoms with E-state index >= 15 is 0 Å². The predicted molar refractivity (Wildman–Crippen MR) is 458 cm³/mol. The van der Waals surface area contributed by atoms with Crippen LogP contribution in [0.5, 0.6) is 0 Å². The van der Waals surface area contributed by atoms with Gasteiger partial charge in [0, 0.05) is 25.7 Å². The molecule has 25 nitrogen and oxygen atoms in total. The van der Waals surface area contributed by atoms with Crippen molar-refractivity contribution in [2.75, 3.05) is 26.4 Å². The molecular weight excluding hydrogens is 1540 g/mol. The number of hydrogen-bond acceptors (Lipinski definition) is 24. The Labute approximate surface area is 711 Å². The highest BCUT2D eigenvalue weighted by molar-refractivity contribution is 7.47. The van der Waals surface area contributed by atoms with E-state index in [1.165, 1.54) is 173 Å². The number of hydrogen-bond donors (Lipinski definition) is 10. The lowest BCUT2D eigenvalue weighted by molar-refractivity contribution is -0.360. The van der Waals surface area contributed by atoms with Crippen LogP contribution in [0.3, 0.4) is 0 Å². The highest BCUT2D eigenvalue weighted by atomic mass is 31.2. The molecule has 0 amide bonds. The number of unbranched alkanes of at least 4 members (excludes halogenated alkanes) is 49. The molecule has 1 aliphatic carbocycles. The summed E-state index contributed by atoms with van der Waals surface area (Å²) < 4.78 is 73.4. The van der Waals surface area contributed by atoms with Crippen LogP contribution in [0.2, 0.25) is 0 Å². The molecule has 3 fully saturated rings. The molecule has 26 heteroatoms. The monoisotopic (exact) mass is 1710 g/mol. The fraction of sp³-hybridized carbons (Fsp3) is 0.913.